The van der Waals surface area contributed by atoms with Crippen molar-refractivity contribution in [3.63, 3.8) is 0 Å². The molecule has 0 amide bonds. The molecule has 0 spiro atoms. The molecule has 0 radical (unpaired) electrons. The van der Waals surface area contributed by atoms with Crippen molar-refractivity contribution in [3.8, 4) is 33.4 Å². The molecule has 0 aliphatic heterocycles. The quantitative estimate of drug-likeness (QED) is 0.197. The van der Waals surface area contributed by atoms with Crippen LogP contribution in [0.25, 0.3) is 33.4 Å². The highest BCUT2D eigenvalue weighted by Gasteiger charge is 2.18. The maximum atomic E-state index is 2.40. The van der Waals surface area contributed by atoms with E-state index in [0.29, 0.717) is 0 Å². The van der Waals surface area contributed by atoms with Crippen LogP contribution in [0.2, 0.25) is 0 Å². The van der Waals surface area contributed by atoms with Crippen LogP contribution in [0.1, 0.15) is 33.4 Å². The third kappa shape index (κ3) is 5.51. The van der Waals surface area contributed by atoms with Gasteiger partial charge in [-0.15, -0.1) is 0 Å². The SMILES string of the molecule is Cc1ccccc1-c1ccc(N(c2ccc(-c3ccccc3C)c(C)c2)c2ccc(-c3ccccc3C)c(C)c2)cc1C. The van der Waals surface area contributed by atoms with Gasteiger partial charge in [0.25, 0.3) is 0 Å². The summed E-state index contributed by atoms with van der Waals surface area (Å²) in [6.45, 7) is 13.2. The predicted molar refractivity (Wildman–Crippen MR) is 186 cm³/mol. The summed E-state index contributed by atoms with van der Waals surface area (Å²) in [6, 6.07) is 46.5. The van der Waals surface area contributed by atoms with Crippen molar-refractivity contribution in [2.24, 2.45) is 0 Å². The van der Waals surface area contributed by atoms with E-state index >= 15 is 0 Å². The number of hydrogen-bond donors (Lipinski definition) is 0. The highest BCUT2D eigenvalue weighted by atomic mass is 15.1. The molecule has 1 nitrogen and oxygen atoms in total. The molecule has 0 aromatic heterocycles. The lowest BCUT2D eigenvalue weighted by Gasteiger charge is -2.28. The minimum absolute atomic E-state index is 1.15. The summed E-state index contributed by atoms with van der Waals surface area (Å²) in [7, 11) is 0. The van der Waals surface area contributed by atoms with Crippen molar-refractivity contribution in [1.82, 2.24) is 0 Å². The Bertz CT molecular complexity index is 1720. The lowest BCUT2D eigenvalue weighted by Crippen LogP contribution is -2.11. The van der Waals surface area contributed by atoms with Crippen molar-refractivity contribution in [3.05, 3.63) is 161 Å². The standard InChI is InChI=1S/C42H39N/c1-28-13-7-10-16-37(28)40-22-19-34(25-31(40)4)43(35-20-23-41(32(5)26-35)38-17-11-8-14-29(38)2)36-21-24-42(33(6)27-36)39-18-12-9-15-30(39)3/h7-27H,1-6H3. The molecular weight excluding hydrogens is 518 g/mol. The molecule has 0 saturated carbocycles. The van der Waals surface area contributed by atoms with Gasteiger partial charge < -0.3 is 4.90 Å². The highest BCUT2D eigenvalue weighted by Crippen LogP contribution is 2.41. The molecule has 1 heteroatoms. The third-order valence-electron chi connectivity index (χ3n) is 8.71. The molecule has 0 fully saturated rings. The molecule has 0 bridgehead atoms. The van der Waals surface area contributed by atoms with Gasteiger partial charge in [0.1, 0.15) is 0 Å². The zero-order chi connectivity index (χ0) is 30.1. The van der Waals surface area contributed by atoms with E-state index in [-0.39, 0.29) is 0 Å². The molecule has 0 aliphatic rings. The molecule has 0 atom stereocenters. The molecule has 212 valence electrons. The van der Waals surface area contributed by atoms with Crippen LogP contribution in [-0.4, -0.2) is 0 Å². The van der Waals surface area contributed by atoms with Gasteiger partial charge in [-0.25, -0.2) is 0 Å². The Hall–Kier alpha value is -4.88. The monoisotopic (exact) mass is 557 g/mol. The Morgan fingerprint density at radius 2 is 0.535 bits per heavy atom. The van der Waals surface area contributed by atoms with Crippen LogP contribution in [0.5, 0.6) is 0 Å². The second-order valence-electron chi connectivity index (χ2n) is 11.8. The summed E-state index contributed by atoms with van der Waals surface area (Å²) in [5.41, 5.74) is 18.8. The van der Waals surface area contributed by atoms with Gasteiger partial charge in [-0.3, -0.25) is 0 Å². The Labute approximate surface area is 257 Å². The van der Waals surface area contributed by atoms with Crippen molar-refractivity contribution < 1.29 is 0 Å². The predicted octanol–water partition coefficient (Wildman–Crippen LogP) is 12.0. The Kier molecular flexibility index (Phi) is 7.74. The summed E-state index contributed by atoms with van der Waals surface area (Å²) in [5.74, 6) is 0. The van der Waals surface area contributed by atoms with E-state index in [1.54, 1.807) is 0 Å². The second kappa shape index (κ2) is 11.8. The minimum Gasteiger partial charge on any atom is -0.310 e. The molecule has 6 aromatic carbocycles. The summed E-state index contributed by atoms with van der Waals surface area (Å²) in [5, 5.41) is 0. The summed E-state index contributed by atoms with van der Waals surface area (Å²) < 4.78 is 0. The number of benzene rings is 6. The zero-order valence-electron chi connectivity index (χ0n) is 26.1. The van der Waals surface area contributed by atoms with Gasteiger partial charge in [0.05, 0.1) is 0 Å². The van der Waals surface area contributed by atoms with Crippen LogP contribution in [0.3, 0.4) is 0 Å². The van der Waals surface area contributed by atoms with Crippen LogP contribution in [-0.2, 0) is 0 Å². The van der Waals surface area contributed by atoms with Gasteiger partial charge in [-0.05, 0) is 145 Å². The third-order valence-corrected chi connectivity index (χ3v) is 8.71. The molecule has 43 heavy (non-hydrogen) atoms. The minimum atomic E-state index is 1.15. The van der Waals surface area contributed by atoms with Crippen molar-refractivity contribution in [2.75, 3.05) is 4.90 Å². The molecule has 0 heterocycles. The Morgan fingerprint density at radius 3 is 0.791 bits per heavy atom. The summed E-state index contributed by atoms with van der Waals surface area (Å²) in [6.07, 6.45) is 0. The summed E-state index contributed by atoms with van der Waals surface area (Å²) in [4.78, 5) is 2.40. The average molecular weight is 558 g/mol. The first kappa shape index (κ1) is 28.2. The second-order valence-corrected chi connectivity index (χ2v) is 11.8. The van der Waals surface area contributed by atoms with Crippen LogP contribution >= 0.6 is 0 Å². The van der Waals surface area contributed by atoms with Crippen molar-refractivity contribution in [2.45, 2.75) is 41.5 Å². The van der Waals surface area contributed by atoms with Gasteiger partial charge in [-0.1, -0.05) is 91.0 Å². The number of aryl methyl sites for hydroxylation is 6. The summed E-state index contributed by atoms with van der Waals surface area (Å²) >= 11 is 0. The molecule has 0 unspecified atom stereocenters. The van der Waals surface area contributed by atoms with E-state index in [1.165, 1.54) is 66.8 Å². The van der Waals surface area contributed by atoms with Gasteiger partial charge in [-0.2, -0.15) is 0 Å². The Balaban J connectivity index is 1.49. The molecule has 6 rings (SSSR count). The first-order valence-corrected chi connectivity index (χ1v) is 15.1. The number of rotatable bonds is 6. The fourth-order valence-corrected chi connectivity index (χ4v) is 6.34. The van der Waals surface area contributed by atoms with E-state index < -0.39 is 0 Å². The maximum absolute atomic E-state index is 2.40. The average Bonchev–Trinajstić information content (AvgIpc) is 2.99. The number of nitrogens with zero attached hydrogens (tertiary/aromatic N) is 1. The van der Waals surface area contributed by atoms with Crippen LogP contribution in [0.4, 0.5) is 17.1 Å². The lowest BCUT2D eigenvalue weighted by atomic mass is 9.94. The van der Waals surface area contributed by atoms with E-state index in [0.717, 1.165) is 17.1 Å². The zero-order valence-corrected chi connectivity index (χ0v) is 26.1. The highest BCUT2D eigenvalue weighted by molar-refractivity contribution is 5.84. The van der Waals surface area contributed by atoms with E-state index in [2.05, 4.69) is 174 Å². The fourth-order valence-electron chi connectivity index (χ4n) is 6.34. The topological polar surface area (TPSA) is 3.24 Å². The first-order valence-electron chi connectivity index (χ1n) is 15.1. The first-order chi connectivity index (χ1) is 20.8. The number of hydrogen-bond acceptors (Lipinski definition) is 1. The maximum Gasteiger partial charge on any atom is 0.0464 e. The molecular formula is C42H39N. The normalized spacial score (nSPS) is 11.0. The van der Waals surface area contributed by atoms with Crippen LogP contribution in [0.15, 0.2) is 127 Å². The molecule has 0 N–H and O–H groups in total. The Morgan fingerprint density at radius 1 is 0.279 bits per heavy atom. The van der Waals surface area contributed by atoms with Gasteiger partial charge in [0, 0.05) is 17.1 Å². The van der Waals surface area contributed by atoms with E-state index in [4.69, 9.17) is 0 Å². The molecule has 0 saturated heterocycles. The van der Waals surface area contributed by atoms with Gasteiger partial charge in [0.2, 0.25) is 0 Å². The van der Waals surface area contributed by atoms with E-state index in [1.807, 2.05) is 0 Å². The van der Waals surface area contributed by atoms with Crippen LogP contribution < -0.4 is 4.90 Å². The molecule has 0 aliphatic carbocycles. The van der Waals surface area contributed by atoms with Crippen molar-refractivity contribution in [1.29, 1.82) is 0 Å². The fraction of sp³-hybridized carbons (Fsp3) is 0.143. The van der Waals surface area contributed by atoms with Crippen molar-refractivity contribution >= 4 is 17.1 Å². The van der Waals surface area contributed by atoms with Crippen LogP contribution in [0, 0.1) is 41.5 Å². The molecule has 6 aromatic rings. The lowest BCUT2D eigenvalue weighted by molar-refractivity contribution is 1.25. The van der Waals surface area contributed by atoms with Gasteiger partial charge >= 0.3 is 0 Å². The largest absolute Gasteiger partial charge is 0.310 e. The van der Waals surface area contributed by atoms with E-state index in [9.17, 15) is 0 Å². The number of anilines is 3. The van der Waals surface area contributed by atoms with Gasteiger partial charge in [0.15, 0.2) is 0 Å². The smallest absolute Gasteiger partial charge is 0.0464 e.